The molecule has 0 atom stereocenters. The molecule has 0 unspecified atom stereocenters. The van der Waals surface area contributed by atoms with Gasteiger partial charge in [0.15, 0.2) is 0 Å². The summed E-state index contributed by atoms with van der Waals surface area (Å²) in [6.45, 7) is 0.289. The Morgan fingerprint density at radius 2 is 1.96 bits per heavy atom. The fourth-order valence-electron chi connectivity index (χ4n) is 3.10. The minimum absolute atomic E-state index is 0.282. The van der Waals surface area contributed by atoms with Crippen molar-refractivity contribution in [3.8, 4) is 11.3 Å². The normalized spacial score (nSPS) is 11.1. The molecule has 7 heteroatoms. The van der Waals surface area contributed by atoms with Gasteiger partial charge >= 0.3 is 0 Å². The predicted molar refractivity (Wildman–Crippen MR) is 98.0 cm³/mol. The quantitative estimate of drug-likeness (QED) is 0.571. The molecule has 0 aliphatic carbocycles. The van der Waals surface area contributed by atoms with Crippen molar-refractivity contribution in [2.24, 2.45) is 0 Å². The van der Waals surface area contributed by atoms with Crippen molar-refractivity contribution in [1.29, 1.82) is 0 Å². The van der Waals surface area contributed by atoms with E-state index in [1.165, 1.54) is 29.3 Å². The van der Waals surface area contributed by atoms with Crippen molar-refractivity contribution < 1.29 is 13.6 Å². The highest BCUT2D eigenvalue weighted by Crippen LogP contribution is 2.25. The zero-order chi connectivity index (χ0) is 19.0. The summed E-state index contributed by atoms with van der Waals surface area (Å²) in [5, 5.41) is 7.35. The Bertz CT molecular complexity index is 1130. The second-order valence-electron chi connectivity index (χ2n) is 6.33. The van der Waals surface area contributed by atoms with Gasteiger partial charge in [0.25, 0.3) is 5.91 Å². The van der Waals surface area contributed by atoms with Crippen LogP contribution in [-0.4, -0.2) is 33.0 Å². The highest BCUT2D eigenvalue weighted by atomic mass is 19.1. The third-order valence-electron chi connectivity index (χ3n) is 4.41. The highest BCUT2D eigenvalue weighted by molar-refractivity contribution is 5.99. The van der Waals surface area contributed by atoms with Crippen molar-refractivity contribution >= 4 is 16.8 Å². The summed E-state index contributed by atoms with van der Waals surface area (Å²) in [6, 6.07) is 12.5. The van der Waals surface area contributed by atoms with E-state index in [0.717, 1.165) is 16.6 Å². The number of halogens is 2. The van der Waals surface area contributed by atoms with Crippen molar-refractivity contribution in [3.63, 3.8) is 0 Å². The molecule has 1 amide bonds. The summed E-state index contributed by atoms with van der Waals surface area (Å²) in [5.74, 6) is -1.05. The number of hydrogen-bond acceptors (Lipinski definition) is 2. The Morgan fingerprint density at radius 1 is 1.15 bits per heavy atom. The van der Waals surface area contributed by atoms with Crippen LogP contribution < -0.4 is 0 Å². The maximum atomic E-state index is 14.1. The average molecular weight is 366 g/mol. The number of benzene rings is 2. The first kappa shape index (κ1) is 17.0. The first-order valence-electron chi connectivity index (χ1n) is 8.34. The Labute approximate surface area is 153 Å². The Balaban J connectivity index is 1.59. The minimum Gasteiger partial charge on any atom is -0.357 e. The maximum Gasteiger partial charge on any atom is 0.257 e. The number of nitrogens with one attached hydrogen (secondary N) is 2. The van der Waals surface area contributed by atoms with Crippen LogP contribution in [0.15, 0.2) is 54.7 Å². The van der Waals surface area contributed by atoms with Crippen molar-refractivity contribution in [1.82, 2.24) is 20.1 Å². The number of aromatic nitrogens is 3. The molecule has 4 rings (SSSR count). The van der Waals surface area contributed by atoms with Gasteiger partial charge in [0, 0.05) is 29.2 Å². The fraction of sp³-hybridized carbons (Fsp3) is 0.100. The van der Waals surface area contributed by atoms with Crippen LogP contribution in [0, 0.1) is 11.6 Å². The summed E-state index contributed by atoms with van der Waals surface area (Å²) in [7, 11) is 1.65. The monoisotopic (exact) mass is 366 g/mol. The van der Waals surface area contributed by atoms with E-state index in [0.29, 0.717) is 5.69 Å². The number of carbonyl (C=O) groups is 1. The van der Waals surface area contributed by atoms with E-state index in [9.17, 15) is 13.6 Å². The van der Waals surface area contributed by atoms with Crippen LogP contribution >= 0.6 is 0 Å². The predicted octanol–water partition coefficient (Wildman–Crippen LogP) is 4.11. The molecule has 2 N–H and O–H groups in total. The van der Waals surface area contributed by atoms with E-state index < -0.39 is 5.82 Å². The molecule has 2 heterocycles. The summed E-state index contributed by atoms with van der Waals surface area (Å²) in [5.41, 5.74) is 2.46. The standard InChI is InChI=1S/C20H16F2N4O/c1-26(11-14-9-12-8-13(21)6-7-18(12)24-14)20(27)16-10-23-25-19(16)15-4-2-3-5-17(15)22/h2-10,24H,11H2,1H3,(H,23,25). The molecule has 0 radical (unpaired) electrons. The van der Waals surface area contributed by atoms with E-state index in [2.05, 4.69) is 15.2 Å². The van der Waals surface area contributed by atoms with Crippen molar-refractivity contribution in [2.75, 3.05) is 7.05 Å². The first-order valence-corrected chi connectivity index (χ1v) is 8.34. The van der Waals surface area contributed by atoms with Gasteiger partial charge in [-0.15, -0.1) is 0 Å². The Morgan fingerprint density at radius 3 is 2.78 bits per heavy atom. The molecule has 2 aromatic carbocycles. The zero-order valence-corrected chi connectivity index (χ0v) is 14.5. The molecule has 5 nitrogen and oxygen atoms in total. The van der Waals surface area contributed by atoms with Gasteiger partial charge in [-0.3, -0.25) is 9.89 Å². The molecule has 2 aromatic heterocycles. The van der Waals surface area contributed by atoms with Gasteiger partial charge in [-0.2, -0.15) is 5.10 Å². The SMILES string of the molecule is CN(Cc1cc2cc(F)ccc2[nH]1)C(=O)c1cn[nH]c1-c1ccccc1F. The second-order valence-corrected chi connectivity index (χ2v) is 6.33. The molecule has 0 aliphatic heterocycles. The molecule has 27 heavy (non-hydrogen) atoms. The summed E-state index contributed by atoms with van der Waals surface area (Å²) >= 11 is 0. The number of rotatable bonds is 4. The largest absolute Gasteiger partial charge is 0.357 e. The van der Waals surface area contributed by atoms with Gasteiger partial charge in [0.1, 0.15) is 11.6 Å². The number of hydrogen-bond donors (Lipinski definition) is 2. The van der Waals surface area contributed by atoms with Crippen LogP contribution in [0.1, 0.15) is 16.1 Å². The Kier molecular flexibility index (Phi) is 4.19. The number of amides is 1. The lowest BCUT2D eigenvalue weighted by Gasteiger charge is -2.16. The lowest BCUT2D eigenvalue weighted by molar-refractivity contribution is 0.0784. The molecule has 0 aliphatic rings. The van der Waals surface area contributed by atoms with E-state index in [-0.39, 0.29) is 29.4 Å². The molecule has 0 saturated carbocycles. The lowest BCUT2D eigenvalue weighted by Crippen LogP contribution is -2.26. The van der Waals surface area contributed by atoms with E-state index in [1.807, 2.05) is 0 Å². The van der Waals surface area contributed by atoms with Crippen molar-refractivity contribution in [2.45, 2.75) is 6.54 Å². The van der Waals surface area contributed by atoms with Crippen molar-refractivity contribution in [3.05, 3.63) is 77.6 Å². The van der Waals surface area contributed by atoms with E-state index in [1.54, 1.807) is 37.4 Å². The number of aromatic amines is 2. The Hall–Kier alpha value is -3.48. The fourth-order valence-corrected chi connectivity index (χ4v) is 3.10. The van der Waals surface area contributed by atoms with Crippen LogP contribution in [0.5, 0.6) is 0 Å². The topological polar surface area (TPSA) is 64.8 Å². The van der Waals surface area contributed by atoms with Gasteiger partial charge in [-0.05, 0) is 36.4 Å². The number of nitrogens with zero attached hydrogens (tertiary/aromatic N) is 2. The van der Waals surface area contributed by atoms with Crippen LogP contribution in [0.3, 0.4) is 0 Å². The average Bonchev–Trinajstić information content (AvgIpc) is 3.27. The van der Waals surface area contributed by atoms with Crippen LogP contribution in [0.2, 0.25) is 0 Å². The molecule has 0 saturated heterocycles. The van der Waals surface area contributed by atoms with Crippen LogP contribution in [0.25, 0.3) is 22.2 Å². The molecule has 0 fully saturated rings. The molecule has 0 spiro atoms. The van der Waals surface area contributed by atoms with E-state index >= 15 is 0 Å². The van der Waals surface area contributed by atoms with Crippen LogP contribution in [-0.2, 0) is 6.54 Å². The molecule has 136 valence electrons. The third-order valence-corrected chi connectivity index (χ3v) is 4.41. The maximum absolute atomic E-state index is 14.1. The molecular weight excluding hydrogens is 350 g/mol. The minimum atomic E-state index is -0.434. The van der Waals surface area contributed by atoms with Gasteiger partial charge in [0.05, 0.1) is 24.0 Å². The summed E-state index contributed by atoms with van der Waals surface area (Å²) < 4.78 is 27.4. The number of fused-ring (bicyclic) bond motifs is 1. The highest BCUT2D eigenvalue weighted by Gasteiger charge is 2.21. The second kappa shape index (κ2) is 6.68. The van der Waals surface area contributed by atoms with Gasteiger partial charge in [-0.1, -0.05) is 12.1 Å². The van der Waals surface area contributed by atoms with Crippen LogP contribution in [0.4, 0.5) is 8.78 Å². The molecular formula is C20H16F2N4O. The molecule has 4 aromatic rings. The third kappa shape index (κ3) is 3.19. The first-order chi connectivity index (χ1) is 13.0. The lowest BCUT2D eigenvalue weighted by atomic mass is 10.1. The summed E-state index contributed by atoms with van der Waals surface area (Å²) in [4.78, 5) is 17.5. The smallest absolute Gasteiger partial charge is 0.257 e. The number of carbonyl (C=O) groups excluding carboxylic acids is 1. The van der Waals surface area contributed by atoms with Gasteiger partial charge in [-0.25, -0.2) is 8.78 Å². The summed E-state index contributed by atoms with van der Waals surface area (Å²) in [6.07, 6.45) is 1.39. The molecule has 0 bridgehead atoms. The van der Waals surface area contributed by atoms with Gasteiger partial charge < -0.3 is 9.88 Å². The zero-order valence-electron chi connectivity index (χ0n) is 14.5. The van der Waals surface area contributed by atoms with E-state index in [4.69, 9.17) is 0 Å². The van der Waals surface area contributed by atoms with Gasteiger partial charge in [0.2, 0.25) is 0 Å². The number of H-pyrrole nitrogens is 2.